The summed E-state index contributed by atoms with van der Waals surface area (Å²) in [5.41, 5.74) is 4.17. The molecular formula is C26H36N2O3. The molecule has 31 heavy (non-hydrogen) atoms. The molecule has 2 atom stereocenters. The molecule has 0 bridgehead atoms. The van der Waals surface area contributed by atoms with Crippen molar-refractivity contribution < 1.29 is 14.3 Å². The van der Waals surface area contributed by atoms with Crippen molar-refractivity contribution in [2.24, 2.45) is 0 Å². The van der Waals surface area contributed by atoms with Gasteiger partial charge in [0.25, 0.3) is 5.91 Å². The number of aryl methyl sites for hydroxylation is 3. The number of rotatable bonds is 10. The van der Waals surface area contributed by atoms with Gasteiger partial charge in [0, 0.05) is 12.6 Å². The van der Waals surface area contributed by atoms with E-state index in [0.717, 1.165) is 28.7 Å². The van der Waals surface area contributed by atoms with Gasteiger partial charge in [0.1, 0.15) is 11.8 Å². The van der Waals surface area contributed by atoms with E-state index in [1.54, 1.807) is 4.90 Å². The Labute approximate surface area is 186 Å². The number of amides is 2. The third-order valence-electron chi connectivity index (χ3n) is 5.68. The number of benzene rings is 2. The molecule has 2 aromatic rings. The number of ether oxygens (including phenoxy) is 1. The molecular weight excluding hydrogens is 388 g/mol. The van der Waals surface area contributed by atoms with E-state index in [1.165, 1.54) is 0 Å². The molecule has 0 spiro atoms. The predicted octanol–water partition coefficient (Wildman–Crippen LogP) is 4.71. The Hall–Kier alpha value is -2.82. The molecule has 0 aliphatic heterocycles. The monoisotopic (exact) mass is 424 g/mol. The van der Waals surface area contributed by atoms with Crippen molar-refractivity contribution in [3.05, 3.63) is 64.7 Å². The van der Waals surface area contributed by atoms with Crippen LogP contribution in [0.2, 0.25) is 0 Å². The van der Waals surface area contributed by atoms with Gasteiger partial charge in [0.05, 0.1) is 0 Å². The first-order valence-corrected chi connectivity index (χ1v) is 11.1. The van der Waals surface area contributed by atoms with Crippen LogP contribution in [-0.2, 0) is 16.1 Å². The van der Waals surface area contributed by atoms with Gasteiger partial charge in [-0.2, -0.15) is 0 Å². The molecule has 1 N–H and O–H groups in total. The highest BCUT2D eigenvalue weighted by atomic mass is 16.5. The van der Waals surface area contributed by atoms with Crippen molar-refractivity contribution in [1.82, 2.24) is 10.2 Å². The standard InChI is InChI=1S/C26H36N2O3/c1-7-21(6)27-26(30)23(8-2)28(16-22-12-10-9-11-19(22)4)25(29)17-31-24-15-18(3)13-14-20(24)5/h9-15,21,23H,7-8,16-17H2,1-6H3,(H,27,30)/t21-,23+/m0/s1. The fraction of sp³-hybridized carbons (Fsp3) is 0.462. The lowest BCUT2D eigenvalue weighted by Gasteiger charge is -2.32. The Kier molecular flexibility index (Phi) is 9.10. The third-order valence-corrected chi connectivity index (χ3v) is 5.68. The second-order valence-corrected chi connectivity index (χ2v) is 8.25. The molecule has 0 aliphatic rings. The number of carbonyl (C=O) groups excluding carboxylic acids is 2. The Bertz CT molecular complexity index is 894. The van der Waals surface area contributed by atoms with Crippen LogP contribution < -0.4 is 10.1 Å². The molecule has 0 heterocycles. The summed E-state index contributed by atoms with van der Waals surface area (Å²) < 4.78 is 5.88. The Morgan fingerprint density at radius 2 is 1.71 bits per heavy atom. The van der Waals surface area contributed by atoms with Crippen molar-refractivity contribution in [2.45, 2.75) is 73.0 Å². The molecule has 2 amide bonds. The molecule has 5 heteroatoms. The lowest BCUT2D eigenvalue weighted by atomic mass is 10.1. The first-order chi connectivity index (χ1) is 14.8. The van der Waals surface area contributed by atoms with Crippen LogP contribution in [0.4, 0.5) is 0 Å². The highest BCUT2D eigenvalue weighted by molar-refractivity contribution is 5.88. The van der Waals surface area contributed by atoms with Gasteiger partial charge >= 0.3 is 0 Å². The van der Waals surface area contributed by atoms with Crippen LogP contribution in [0.1, 0.15) is 55.9 Å². The molecule has 0 fully saturated rings. The topological polar surface area (TPSA) is 58.6 Å². The molecule has 168 valence electrons. The van der Waals surface area contributed by atoms with Crippen LogP contribution in [0.25, 0.3) is 0 Å². The summed E-state index contributed by atoms with van der Waals surface area (Å²) in [5, 5.41) is 3.03. The minimum absolute atomic E-state index is 0.0585. The van der Waals surface area contributed by atoms with Crippen LogP contribution in [0, 0.1) is 20.8 Å². The van der Waals surface area contributed by atoms with E-state index in [0.29, 0.717) is 18.7 Å². The van der Waals surface area contributed by atoms with Gasteiger partial charge < -0.3 is 15.0 Å². The van der Waals surface area contributed by atoms with Crippen LogP contribution >= 0.6 is 0 Å². The van der Waals surface area contributed by atoms with Gasteiger partial charge in [-0.15, -0.1) is 0 Å². The summed E-state index contributed by atoms with van der Waals surface area (Å²) >= 11 is 0. The molecule has 0 saturated carbocycles. The summed E-state index contributed by atoms with van der Waals surface area (Å²) in [7, 11) is 0. The average molecular weight is 425 g/mol. The fourth-order valence-corrected chi connectivity index (χ4v) is 3.42. The Morgan fingerprint density at radius 3 is 2.35 bits per heavy atom. The minimum Gasteiger partial charge on any atom is -0.483 e. The van der Waals surface area contributed by atoms with Crippen LogP contribution in [0.3, 0.4) is 0 Å². The average Bonchev–Trinajstić information content (AvgIpc) is 2.75. The molecule has 0 aliphatic carbocycles. The number of carbonyl (C=O) groups is 2. The number of nitrogens with zero attached hydrogens (tertiary/aromatic N) is 1. The van der Waals surface area contributed by atoms with E-state index in [1.807, 2.05) is 84.0 Å². The molecule has 0 radical (unpaired) electrons. The zero-order valence-electron chi connectivity index (χ0n) is 19.7. The highest BCUT2D eigenvalue weighted by Crippen LogP contribution is 2.20. The molecule has 2 rings (SSSR count). The summed E-state index contributed by atoms with van der Waals surface area (Å²) in [5.74, 6) is 0.377. The Morgan fingerprint density at radius 1 is 1.00 bits per heavy atom. The van der Waals surface area contributed by atoms with Gasteiger partial charge in [-0.05, 0) is 68.9 Å². The van der Waals surface area contributed by atoms with Crippen LogP contribution in [0.5, 0.6) is 5.75 Å². The molecule has 2 aromatic carbocycles. The Balaban J connectivity index is 2.26. The van der Waals surface area contributed by atoms with Crippen molar-refractivity contribution >= 4 is 11.8 Å². The van der Waals surface area contributed by atoms with E-state index < -0.39 is 6.04 Å². The third kappa shape index (κ3) is 6.84. The lowest BCUT2D eigenvalue weighted by molar-refractivity contribution is -0.143. The largest absolute Gasteiger partial charge is 0.483 e. The first-order valence-electron chi connectivity index (χ1n) is 11.1. The van der Waals surface area contributed by atoms with Gasteiger partial charge in [-0.25, -0.2) is 0 Å². The van der Waals surface area contributed by atoms with Crippen LogP contribution in [-0.4, -0.2) is 35.4 Å². The zero-order valence-corrected chi connectivity index (χ0v) is 19.7. The van der Waals surface area contributed by atoms with Crippen LogP contribution in [0.15, 0.2) is 42.5 Å². The zero-order chi connectivity index (χ0) is 23.0. The number of hydrogen-bond acceptors (Lipinski definition) is 3. The van der Waals surface area contributed by atoms with E-state index in [4.69, 9.17) is 4.74 Å². The van der Waals surface area contributed by atoms with Gasteiger partial charge in [-0.1, -0.05) is 50.2 Å². The molecule has 0 saturated heterocycles. The fourth-order valence-electron chi connectivity index (χ4n) is 3.42. The van der Waals surface area contributed by atoms with Crippen molar-refractivity contribution in [2.75, 3.05) is 6.61 Å². The SMILES string of the molecule is CC[C@H](C(=O)N[C@@H](C)CC)N(Cc1ccccc1C)C(=O)COc1cc(C)ccc1C. The first kappa shape index (κ1) is 24.4. The maximum atomic E-state index is 13.3. The molecule has 0 unspecified atom stereocenters. The van der Waals surface area contributed by atoms with Crippen molar-refractivity contribution in [3.63, 3.8) is 0 Å². The van der Waals surface area contributed by atoms with E-state index in [9.17, 15) is 9.59 Å². The maximum absolute atomic E-state index is 13.3. The summed E-state index contributed by atoms with van der Waals surface area (Å²) in [6.07, 6.45) is 1.37. The van der Waals surface area contributed by atoms with Crippen molar-refractivity contribution in [3.8, 4) is 5.75 Å². The maximum Gasteiger partial charge on any atom is 0.261 e. The summed E-state index contributed by atoms with van der Waals surface area (Å²) in [6.45, 7) is 12.2. The molecule has 0 aromatic heterocycles. The van der Waals surface area contributed by atoms with Crippen molar-refractivity contribution in [1.29, 1.82) is 0 Å². The highest BCUT2D eigenvalue weighted by Gasteiger charge is 2.29. The van der Waals surface area contributed by atoms with E-state index in [-0.39, 0.29) is 24.5 Å². The second-order valence-electron chi connectivity index (χ2n) is 8.25. The van der Waals surface area contributed by atoms with E-state index in [2.05, 4.69) is 5.32 Å². The van der Waals surface area contributed by atoms with E-state index >= 15 is 0 Å². The van der Waals surface area contributed by atoms with Gasteiger partial charge in [0.2, 0.25) is 5.91 Å². The smallest absolute Gasteiger partial charge is 0.261 e. The minimum atomic E-state index is -0.552. The molecule has 5 nitrogen and oxygen atoms in total. The normalized spacial score (nSPS) is 12.7. The summed E-state index contributed by atoms with van der Waals surface area (Å²) in [4.78, 5) is 28.0. The number of hydrogen-bond donors (Lipinski definition) is 1. The lowest BCUT2D eigenvalue weighted by Crippen LogP contribution is -2.51. The summed E-state index contributed by atoms with van der Waals surface area (Å²) in [6, 6.07) is 13.4. The quantitative estimate of drug-likeness (QED) is 0.601. The van der Waals surface area contributed by atoms with Gasteiger partial charge in [0.15, 0.2) is 6.61 Å². The number of nitrogens with one attached hydrogen (secondary N) is 1. The van der Waals surface area contributed by atoms with Gasteiger partial charge in [-0.3, -0.25) is 9.59 Å². The second kappa shape index (κ2) is 11.5. The predicted molar refractivity (Wildman–Crippen MR) is 125 cm³/mol.